The second-order valence-corrected chi connectivity index (χ2v) is 8.83. The number of carbonyl (C=O) groups excluding carboxylic acids is 2. The summed E-state index contributed by atoms with van der Waals surface area (Å²) in [5, 5.41) is 4.46. The molecule has 0 aliphatic carbocycles. The van der Waals surface area contributed by atoms with Crippen LogP contribution >= 0.6 is 0 Å². The Morgan fingerprint density at radius 3 is 2.39 bits per heavy atom. The van der Waals surface area contributed by atoms with Gasteiger partial charge in [-0.15, -0.1) is 0 Å². The number of aromatic nitrogens is 2. The summed E-state index contributed by atoms with van der Waals surface area (Å²) in [4.78, 5) is 29.5. The summed E-state index contributed by atoms with van der Waals surface area (Å²) in [7, 11) is 1.91. The fourth-order valence-electron chi connectivity index (χ4n) is 4.01. The van der Waals surface area contributed by atoms with Gasteiger partial charge in [0.1, 0.15) is 5.60 Å². The van der Waals surface area contributed by atoms with Gasteiger partial charge >= 0.3 is 6.09 Å². The molecule has 2 atom stereocenters. The maximum Gasteiger partial charge on any atom is 0.410 e. The van der Waals surface area contributed by atoms with Gasteiger partial charge in [-0.1, -0.05) is 13.3 Å². The quantitative estimate of drug-likeness (QED) is 0.788. The Morgan fingerprint density at radius 2 is 1.89 bits per heavy atom. The van der Waals surface area contributed by atoms with E-state index in [1.165, 1.54) is 0 Å². The first kappa shape index (κ1) is 22.2. The standard InChI is InChI=1S/C21H36N4O3/c1-9-10-17-13-24(20(27)28-21(5,6)7)11-12-25(17)19(26)14(2)18-15(3)22-23(8)16(18)4/h14,17H,9-13H2,1-8H3/t14-,17+/m0/s1. The summed E-state index contributed by atoms with van der Waals surface area (Å²) in [5.74, 6) is -0.136. The molecule has 28 heavy (non-hydrogen) atoms. The van der Waals surface area contributed by atoms with E-state index in [1.807, 2.05) is 58.2 Å². The Balaban J connectivity index is 2.16. The highest BCUT2D eigenvalue weighted by molar-refractivity contribution is 5.84. The lowest BCUT2D eigenvalue weighted by molar-refractivity contribution is -0.137. The minimum Gasteiger partial charge on any atom is -0.444 e. The van der Waals surface area contributed by atoms with Crippen LogP contribution in [-0.4, -0.2) is 62.9 Å². The van der Waals surface area contributed by atoms with E-state index in [-0.39, 0.29) is 24.0 Å². The zero-order chi connectivity index (χ0) is 21.2. The number of amides is 2. The van der Waals surface area contributed by atoms with Crippen molar-refractivity contribution in [1.82, 2.24) is 19.6 Å². The van der Waals surface area contributed by atoms with Gasteiger partial charge in [0.2, 0.25) is 5.91 Å². The van der Waals surface area contributed by atoms with Gasteiger partial charge in [0.25, 0.3) is 0 Å². The van der Waals surface area contributed by atoms with Crippen molar-refractivity contribution in [2.75, 3.05) is 19.6 Å². The molecule has 1 aromatic rings. The van der Waals surface area contributed by atoms with E-state index >= 15 is 0 Å². The molecule has 158 valence electrons. The van der Waals surface area contributed by atoms with Crippen molar-refractivity contribution in [1.29, 1.82) is 0 Å². The van der Waals surface area contributed by atoms with Crippen LogP contribution in [0.25, 0.3) is 0 Å². The van der Waals surface area contributed by atoms with Crippen LogP contribution in [0.5, 0.6) is 0 Å². The lowest BCUT2D eigenvalue weighted by Gasteiger charge is -2.42. The van der Waals surface area contributed by atoms with Crippen molar-refractivity contribution in [3.63, 3.8) is 0 Å². The molecule has 0 aromatic carbocycles. The van der Waals surface area contributed by atoms with Gasteiger partial charge in [0.05, 0.1) is 11.6 Å². The third kappa shape index (κ3) is 4.86. The lowest BCUT2D eigenvalue weighted by atomic mass is 9.95. The molecule has 1 aliphatic heterocycles. The Morgan fingerprint density at radius 1 is 1.25 bits per heavy atom. The molecule has 0 bridgehead atoms. The molecule has 0 spiro atoms. The minimum absolute atomic E-state index is 0.0125. The summed E-state index contributed by atoms with van der Waals surface area (Å²) in [6.07, 6.45) is 1.52. The fraction of sp³-hybridized carbons (Fsp3) is 0.762. The Labute approximate surface area is 169 Å². The number of rotatable bonds is 4. The minimum atomic E-state index is -0.520. The normalized spacial score (nSPS) is 18.9. The third-order valence-electron chi connectivity index (χ3n) is 5.41. The van der Waals surface area contributed by atoms with Crippen LogP contribution in [0.2, 0.25) is 0 Å². The maximum atomic E-state index is 13.4. The predicted molar refractivity (Wildman–Crippen MR) is 109 cm³/mol. The lowest BCUT2D eigenvalue weighted by Crippen LogP contribution is -2.57. The Hall–Kier alpha value is -2.05. The summed E-state index contributed by atoms with van der Waals surface area (Å²) in [6, 6.07) is 0.0125. The van der Waals surface area contributed by atoms with Crippen LogP contribution in [0.15, 0.2) is 0 Å². The second-order valence-electron chi connectivity index (χ2n) is 8.83. The molecular weight excluding hydrogens is 356 g/mol. The van der Waals surface area contributed by atoms with E-state index in [4.69, 9.17) is 4.74 Å². The molecule has 1 aliphatic rings. The van der Waals surface area contributed by atoms with E-state index in [2.05, 4.69) is 12.0 Å². The summed E-state index contributed by atoms with van der Waals surface area (Å²) in [5.41, 5.74) is 2.42. The zero-order valence-electron chi connectivity index (χ0n) is 18.7. The van der Waals surface area contributed by atoms with Crippen LogP contribution in [0.3, 0.4) is 0 Å². The average molecular weight is 393 g/mol. The highest BCUT2D eigenvalue weighted by Gasteiger charge is 2.36. The monoisotopic (exact) mass is 392 g/mol. The highest BCUT2D eigenvalue weighted by atomic mass is 16.6. The molecule has 0 radical (unpaired) electrons. The van der Waals surface area contributed by atoms with Crippen LogP contribution in [0.4, 0.5) is 4.79 Å². The van der Waals surface area contributed by atoms with Crippen molar-refractivity contribution in [3.05, 3.63) is 17.0 Å². The van der Waals surface area contributed by atoms with E-state index in [9.17, 15) is 9.59 Å². The summed E-state index contributed by atoms with van der Waals surface area (Å²) < 4.78 is 7.35. The first-order valence-electron chi connectivity index (χ1n) is 10.2. The van der Waals surface area contributed by atoms with Crippen molar-refractivity contribution < 1.29 is 14.3 Å². The predicted octanol–water partition coefficient (Wildman–Crippen LogP) is 3.39. The van der Waals surface area contributed by atoms with Gasteiger partial charge in [-0.3, -0.25) is 9.48 Å². The molecular formula is C21H36N4O3. The SMILES string of the molecule is CCC[C@@H]1CN(C(=O)OC(C)(C)C)CCN1C(=O)[C@@H](C)c1c(C)nn(C)c1C. The van der Waals surface area contributed by atoms with E-state index in [1.54, 1.807) is 4.90 Å². The van der Waals surface area contributed by atoms with Crippen molar-refractivity contribution in [2.45, 2.75) is 78.9 Å². The molecule has 0 saturated carbocycles. The smallest absolute Gasteiger partial charge is 0.410 e. The van der Waals surface area contributed by atoms with Gasteiger partial charge in [0, 0.05) is 44.0 Å². The molecule has 2 heterocycles. The first-order chi connectivity index (χ1) is 13.0. The molecule has 0 unspecified atom stereocenters. The van der Waals surface area contributed by atoms with Crippen LogP contribution in [0.1, 0.15) is 70.3 Å². The Kier molecular flexibility index (Phi) is 6.78. The third-order valence-corrected chi connectivity index (χ3v) is 5.41. The van der Waals surface area contributed by atoms with E-state index in [0.29, 0.717) is 19.6 Å². The van der Waals surface area contributed by atoms with Crippen LogP contribution in [0, 0.1) is 13.8 Å². The summed E-state index contributed by atoms with van der Waals surface area (Å²) >= 11 is 0. The molecule has 2 rings (SSSR count). The topological polar surface area (TPSA) is 67.7 Å². The number of aryl methyl sites for hydroxylation is 2. The van der Waals surface area contributed by atoms with E-state index < -0.39 is 5.60 Å². The van der Waals surface area contributed by atoms with Crippen molar-refractivity contribution in [3.8, 4) is 0 Å². The number of nitrogens with zero attached hydrogens (tertiary/aromatic N) is 4. The van der Waals surface area contributed by atoms with Gasteiger partial charge in [0.15, 0.2) is 0 Å². The molecule has 1 aromatic heterocycles. The van der Waals surface area contributed by atoms with Crippen molar-refractivity contribution in [2.24, 2.45) is 7.05 Å². The highest BCUT2D eigenvalue weighted by Crippen LogP contribution is 2.27. The molecule has 0 N–H and O–H groups in total. The summed E-state index contributed by atoms with van der Waals surface area (Å²) in [6.45, 7) is 15.2. The van der Waals surface area contributed by atoms with Gasteiger partial charge in [-0.2, -0.15) is 5.10 Å². The van der Waals surface area contributed by atoms with Gasteiger partial charge in [-0.05, 0) is 48.0 Å². The zero-order valence-corrected chi connectivity index (χ0v) is 18.7. The van der Waals surface area contributed by atoms with Crippen LogP contribution in [-0.2, 0) is 16.6 Å². The van der Waals surface area contributed by atoms with Gasteiger partial charge in [-0.25, -0.2) is 4.79 Å². The van der Waals surface area contributed by atoms with Crippen LogP contribution < -0.4 is 0 Å². The average Bonchev–Trinajstić information content (AvgIpc) is 2.84. The number of hydrogen-bond donors (Lipinski definition) is 0. The first-order valence-corrected chi connectivity index (χ1v) is 10.2. The largest absolute Gasteiger partial charge is 0.444 e. The van der Waals surface area contributed by atoms with E-state index in [0.717, 1.165) is 29.8 Å². The van der Waals surface area contributed by atoms with Gasteiger partial charge < -0.3 is 14.5 Å². The molecule has 2 amide bonds. The Bertz CT molecular complexity index is 720. The second kappa shape index (κ2) is 8.53. The fourth-order valence-corrected chi connectivity index (χ4v) is 4.01. The number of hydrogen-bond acceptors (Lipinski definition) is 4. The molecule has 7 heteroatoms. The number of carbonyl (C=O) groups is 2. The van der Waals surface area contributed by atoms with Crippen molar-refractivity contribution >= 4 is 12.0 Å². The number of ether oxygens (including phenoxy) is 1. The molecule has 7 nitrogen and oxygen atoms in total. The number of piperazine rings is 1. The molecule has 1 fully saturated rings. The maximum absolute atomic E-state index is 13.4. The molecule has 1 saturated heterocycles.